The Kier molecular flexibility index (Phi) is 12.6. The molecule has 1 heteroatoms. The Morgan fingerprint density at radius 3 is 2.18 bits per heavy atom. The van der Waals surface area contributed by atoms with Crippen LogP contribution in [-0.2, 0) is 0 Å². The molecule has 2 rings (SSSR count). The summed E-state index contributed by atoms with van der Waals surface area (Å²) in [4.78, 5) is 0. The predicted molar refractivity (Wildman–Crippen MR) is 148 cm³/mol. The average molecular weight is 449 g/mol. The Bertz CT molecular complexity index is 880. The fourth-order valence-corrected chi connectivity index (χ4v) is 4.35. The number of aliphatic hydroxyl groups is 1. The molecule has 0 heterocycles. The monoisotopic (exact) mass is 448 g/mol. The Hall–Kier alpha value is -2.22. The molecule has 182 valence electrons. The van der Waals surface area contributed by atoms with Crippen LogP contribution in [0.25, 0.3) is 0 Å². The maximum atomic E-state index is 9.76. The summed E-state index contributed by atoms with van der Waals surface area (Å²) in [5.41, 5.74) is 5.89. The maximum absolute atomic E-state index is 9.76. The molecular formula is C32H48O. The van der Waals surface area contributed by atoms with Gasteiger partial charge in [0.2, 0.25) is 0 Å². The van der Waals surface area contributed by atoms with Gasteiger partial charge in [-0.1, -0.05) is 88.8 Å². The van der Waals surface area contributed by atoms with E-state index in [0.29, 0.717) is 0 Å². The normalized spacial score (nSPS) is 22.6. The van der Waals surface area contributed by atoms with Crippen molar-refractivity contribution in [1.29, 1.82) is 0 Å². The predicted octanol–water partition coefficient (Wildman–Crippen LogP) is 8.74. The minimum Gasteiger partial charge on any atom is -0.374 e. The Labute approximate surface area is 205 Å². The molecular weight excluding hydrogens is 400 g/mol. The lowest BCUT2D eigenvalue weighted by Gasteiger charge is -2.33. The highest BCUT2D eigenvalue weighted by Crippen LogP contribution is 2.41. The standard InChI is InChI=1S/C15H22O.C15H20.C2H6/c1-6-15(5,16)11-9-13-12(2)8-7-10-14(13,3)4;1-6-12(2)9-10-14-13(3)8-7-11-15(14,4)5;1-2/h1,9,11,16H,7-8,10H2,2-5H3;1,8-10H,7,11H2,2-5H3;1-2H3/b11-9+;12-9+,14-10-;. The number of hydrogen-bond donors (Lipinski definition) is 1. The van der Waals surface area contributed by atoms with Crippen molar-refractivity contribution in [2.75, 3.05) is 0 Å². The van der Waals surface area contributed by atoms with Crippen LogP contribution in [0.2, 0.25) is 0 Å². The van der Waals surface area contributed by atoms with Gasteiger partial charge in [0.05, 0.1) is 0 Å². The van der Waals surface area contributed by atoms with E-state index < -0.39 is 5.60 Å². The molecule has 0 amide bonds. The van der Waals surface area contributed by atoms with E-state index in [4.69, 9.17) is 12.8 Å². The summed E-state index contributed by atoms with van der Waals surface area (Å²) in [5.74, 6) is 5.01. The van der Waals surface area contributed by atoms with Crippen LogP contribution in [0.3, 0.4) is 0 Å². The molecule has 1 atom stereocenters. The lowest BCUT2D eigenvalue weighted by atomic mass is 9.72. The maximum Gasteiger partial charge on any atom is 0.141 e. The van der Waals surface area contributed by atoms with Gasteiger partial charge in [-0.3, -0.25) is 0 Å². The quantitative estimate of drug-likeness (QED) is 0.428. The molecule has 1 N–H and O–H groups in total. The van der Waals surface area contributed by atoms with Crippen molar-refractivity contribution in [3.8, 4) is 24.7 Å². The smallest absolute Gasteiger partial charge is 0.141 e. The Morgan fingerprint density at radius 2 is 1.70 bits per heavy atom. The molecule has 1 nitrogen and oxygen atoms in total. The fraction of sp³-hybridized carbons (Fsp3) is 0.562. The lowest BCUT2D eigenvalue weighted by Crippen LogP contribution is -2.21. The van der Waals surface area contributed by atoms with E-state index in [1.165, 1.54) is 48.0 Å². The van der Waals surface area contributed by atoms with Gasteiger partial charge in [-0.25, -0.2) is 0 Å². The first-order valence-corrected chi connectivity index (χ1v) is 12.4. The van der Waals surface area contributed by atoms with Crippen molar-refractivity contribution in [2.24, 2.45) is 10.8 Å². The van der Waals surface area contributed by atoms with Crippen LogP contribution in [0.1, 0.15) is 101 Å². The van der Waals surface area contributed by atoms with E-state index in [-0.39, 0.29) is 10.8 Å². The van der Waals surface area contributed by atoms with Crippen molar-refractivity contribution in [3.63, 3.8) is 0 Å². The van der Waals surface area contributed by atoms with Gasteiger partial charge in [0.25, 0.3) is 0 Å². The van der Waals surface area contributed by atoms with Crippen molar-refractivity contribution < 1.29 is 5.11 Å². The van der Waals surface area contributed by atoms with Crippen molar-refractivity contribution in [2.45, 2.75) is 107 Å². The molecule has 0 bridgehead atoms. The van der Waals surface area contributed by atoms with Gasteiger partial charge in [-0.05, 0) is 93.4 Å². The molecule has 33 heavy (non-hydrogen) atoms. The first kappa shape index (κ1) is 30.8. The molecule has 2 aliphatic rings. The summed E-state index contributed by atoms with van der Waals surface area (Å²) in [6.07, 6.45) is 26.9. The zero-order valence-corrected chi connectivity index (χ0v) is 23.0. The van der Waals surface area contributed by atoms with Crippen molar-refractivity contribution in [1.82, 2.24) is 0 Å². The zero-order valence-electron chi connectivity index (χ0n) is 23.0. The van der Waals surface area contributed by atoms with E-state index in [2.05, 4.69) is 65.5 Å². The Balaban J connectivity index is 0.000000578. The van der Waals surface area contributed by atoms with Crippen LogP contribution in [0, 0.1) is 35.5 Å². The first-order valence-electron chi connectivity index (χ1n) is 12.4. The van der Waals surface area contributed by atoms with Gasteiger partial charge < -0.3 is 5.11 Å². The van der Waals surface area contributed by atoms with Gasteiger partial charge in [0, 0.05) is 0 Å². The Morgan fingerprint density at radius 1 is 1.09 bits per heavy atom. The summed E-state index contributed by atoms with van der Waals surface area (Å²) in [6.45, 7) is 21.1. The third-order valence-corrected chi connectivity index (χ3v) is 6.51. The van der Waals surface area contributed by atoms with Crippen molar-refractivity contribution >= 4 is 0 Å². The molecule has 0 spiro atoms. The van der Waals surface area contributed by atoms with Crippen molar-refractivity contribution in [3.05, 3.63) is 58.2 Å². The SMILES string of the molecule is C#C/C(C)=C/C=C1/C(C)=CCCC1(C)C.C#CC(C)(O)/C=C/C1=C(C)CCCC1(C)C.CC. The van der Waals surface area contributed by atoms with Gasteiger partial charge in [0.1, 0.15) is 5.60 Å². The van der Waals surface area contributed by atoms with Crippen LogP contribution in [0.5, 0.6) is 0 Å². The van der Waals surface area contributed by atoms with E-state index >= 15 is 0 Å². The minimum absolute atomic E-state index is 0.198. The molecule has 0 saturated carbocycles. The third-order valence-electron chi connectivity index (χ3n) is 6.51. The lowest BCUT2D eigenvalue weighted by molar-refractivity contribution is 0.174. The molecule has 0 radical (unpaired) electrons. The summed E-state index contributed by atoms with van der Waals surface area (Å²) < 4.78 is 0. The van der Waals surface area contributed by atoms with E-state index in [1.807, 2.05) is 32.9 Å². The average Bonchev–Trinajstić information content (AvgIpc) is 2.73. The number of rotatable bonds is 3. The highest BCUT2D eigenvalue weighted by atomic mass is 16.3. The second-order valence-corrected chi connectivity index (χ2v) is 10.4. The number of hydrogen-bond acceptors (Lipinski definition) is 1. The summed E-state index contributed by atoms with van der Waals surface area (Å²) in [7, 11) is 0. The minimum atomic E-state index is -1.14. The summed E-state index contributed by atoms with van der Waals surface area (Å²) >= 11 is 0. The molecule has 0 saturated heterocycles. The highest BCUT2D eigenvalue weighted by Gasteiger charge is 2.27. The fourth-order valence-electron chi connectivity index (χ4n) is 4.35. The topological polar surface area (TPSA) is 20.2 Å². The van der Waals surface area contributed by atoms with E-state index in [1.54, 1.807) is 13.0 Å². The van der Waals surface area contributed by atoms with Crippen LogP contribution >= 0.6 is 0 Å². The molecule has 0 aromatic rings. The van der Waals surface area contributed by atoms with Gasteiger partial charge in [0.15, 0.2) is 0 Å². The zero-order chi connectivity index (χ0) is 25.9. The summed E-state index contributed by atoms with van der Waals surface area (Å²) in [5, 5.41) is 9.76. The van der Waals surface area contributed by atoms with Gasteiger partial charge in [-0.15, -0.1) is 12.8 Å². The largest absolute Gasteiger partial charge is 0.374 e. The second kappa shape index (κ2) is 13.5. The van der Waals surface area contributed by atoms with Crippen LogP contribution in [0.4, 0.5) is 0 Å². The molecule has 0 fully saturated rings. The highest BCUT2D eigenvalue weighted by molar-refractivity contribution is 5.41. The first-order chi connectivity index (χ1) is 15.3. The summed E-state index contributed by atoms with van der Waals surface area (Å²) in [6, 6.07) is 0. The molecule has 1 unspecified atom stereocenters. The van der Waals surface area contributed by atoms with E-state index in [0.717, 1.165) is 12.0 Å². The van der Waals surface area contributed by atoms with Gasteiger partial charge >= 0.3 is 0 Å². The third kappa shape index (κ3) is 10.1. The van der Waals surface area contributed by atoms with Crippen LogP contribution in [-0.4, -0.2) is 10.7 Å². The van der Waals surface area contributed by atoms with Crippen LogP contribution in [0.15, 0.2) is 58.2 Å². The van der Waals surface area contributed by atoms with E-state index in [9.17, 15) is 5.11 Å². The number of allylic oxidation sites excluding steroid dienone is 9. The van der Waals surface area contributed by atoms with Crippen LogP contribution < -0.4 is 0 Å². The molecule has 0 aliphatic heterocycles. The molecule has 2 aliphatic carbocycles. The molecule has 0 aromatic carbocycles. The second-order valence-electron chi connectivity index (χ2n) is 10.4. The molecule has 0 aromatic heterocycles. The van der Waals surface area contributed by atoms with Gasteiger partial charge in [-0.2, -0.15) is 0 Å². The number of terminal acetylenes is 2.